The van der Waals surface area contributed by atoms with Gasteiger partial charge in [-0.15, -0.1) is 0 Å². The molecule has 3 aromatic carbocycles. The Labute approximate surface area is 275 Å². The van der Waals surface area contributed by atoms with Gasteiger partial charge in [-0.3, -0.25) is 14.7 Å². The summed E-state index contributed by atoms with van der Waals surface area (Å²) in [5.74, 6) is -0.414. The fourth-order valence-electron chi connectivity index (χ4n) is 4.78. The van der Waals surface area contributed by atoms with Gasteiger partial charge in [-0.1, -0.05) is 36.5 Å². The molecule has 1 aromatic heterocycles. The van der Waals surface area contributed by atoms with E-state index in [0.29, 0.717) is 62.8 Å². The number of carbonyl (C=O) groups excluding carboxylic acids is 2. The number of imide groups is 1. The van der Waals surface area contributed by atoms with E-state index in [1.54, 1.807) is 42.5 Å². The van der Waals surface area contributed by atoms with Crippen LogP contribution in [0.15, 0.2) is 66.9 Å². The van der Waals surface area contributed by atoms with Crippen LogP contribution in [0.3, 0.4) is 0 Å². The number of anilines is 1. The van der Waals surface area contributed by atoms with E-state index in [9.17, 15) is 14.7 Å². The predicted molar refractivity (Wildman–Crippen MR) is 174 cm³/mol. The van der Waals surface area contributed by atoms with Crippen LogP contribution in [-0.4, -0.2) is 83.9 Å². The van der Waals surface area contributed by atoms with Gasteiger partial charge >= 0.3 is 6.03 Å². The molecule has 46 heavy (non-hydrogen) atoms. The molecule has 0 saturated carbocycles. The zero-order valence-electron chi connectivity index (χ0n) is 24.8. The number of rotatable bonds is 11. The lowest BCUT2D eigenvalue weighted by Gasteiger charge is -2.28. The molecule has 2 heterocycles. The van der Waals surface area contributed by atoms with Crippen molar-refractivity contribution in [3.63, 3.8) is 0 Å². The molecule has 1 unspecified atom stereocenters. The first-order valence-corrected chi connectivity index (χ1v) is 15.1. The lowest BCUT2D eigenvalue weighted by atomic mass is 10.1. The van der Waals surface area contributed by atoms with Gasteiger partial charge in [0, 0.05) is 54.1 Å². The summed E-state index contributed by atoms with van der Waals surface area (Å²) in [4.78, 5) is 31.6. The first-order valence-electron chi connectivity index (χ1n) is 14.3. The number of aliphatic hydroxyl groups is 1. The molecule has 0 aliphatic carbocycles. The third-order valence-electron chi connectivity index (χ3n) is 7.07. The van der Waals surface area contributed by atoms with Crippen molar-refractivity contribution in [1.29, 1.82) is 0 Å². The number of fused-ring (bicyclic) bond motifs is 1. The largest absolute Gasteiger partial charge is 0.493 e. The zero-order chi connectivity index (χ0) is 32.6. The van der Waals surface area contributed by atoms with Crippen molar-refractivity contribution in [2.24, 2.45) is 0 Å². The number of amides is 3. The Morgan fingerprint density at radius 1 is 1.11 bits per heavy atom. The number of nitrogens with one attached hydrogen (secondary N) is 1. The number of carbonyl (C=O) groups is 2. The third-order valence-corrected chi connectivity index (χ3v) is 7.71. The molecule has 1 saturated heterocycles. The number of pyridine rings is 1. The van der Waals surface area contributed by atoms with Gasteiger partial charge in [0.2, 0.25) is 5.91 Å². The fourth-order valence-corrected chi connectivity index (χ4v) is 5.11. The molecule has 4 aromatic rings. The molecule has 3 amide bonds. The minimum atomic E-state index is -0.859. The number of hydrogen-bond acceptors (Lipinski definition) is 10. The number of urea groups is 1. The Kier molecular flexibility index (Phi) is 11.1. The van der Waals surface area contributed by atoms with Crippen LogP contribution in [0.2, 0.25) is 5.02 Å². The van der Waals surface area contributed by atoms with Crippen LogP contribution in [0.1, 0.15) is 5.56 Å². The number of halogens is 2. The highest BCUT2D eigenvalue weighted by molar-refractivity contribution is 7.79. The summed E-state index contributed by atoms with van der Waals surface area (Å²) in [7, 11) is 1.48. The standard InChI is InChI=1S/C32H32ClFN4O7S/c1-42-29-16-24-26(17-30(29)44-19-23(39)18-37-9-11-43-12-10-37)35-8-7-27(24)45-28-6-5-22(15-25(28)34)36-32(41)38(46)31(40)14-20-3-2-4-21(33)13-20/h2-8,13,15-17,23,39,46H,9-12,14,18-19H2,1H3,(H,36,41). The maximum atomic E-state index is 15.1. The molecular weight excluding hydrogens is 639 g/mol. The van der Waals surface area contributed by atoms with Gasteiger partial charge in [-0.2, -0.15) is 0 Å². The Balaban J connectivity index is 1.23. The first kappa shape index (κ1) is 33.2. The molecule has 1 aliphatic heterocycles. The summed E-state index contributed by atoms with van der Waals surface area (Å²) in [6.07, 6.45) is 0.686. The van der Waals surface area contributed by atoms with Gasteiger partial charge in [0.1, 0.15) is 18.5 Å². The number of nitrogens with zero attached hydrogens (tertiary/aromatic N) is 3. The summed E-state index contributed by atoms with van der Waals surface area (Å²) >= 11 is 9.96. The topological polar surface area (TPSA) is 123 Å². The zero-order valence-corrected chi connectivity index (χ0v) is 26.5. The second-order valence-electron chi connectivity index (χ2n) is 10.4. The summed E-state index contributed by atoms with van der Waals surface area (Å²) in [6.45, 7) is 3.28. The minimum absolute atomic E-state index is 0.0462. The number of hydrogen-bond donors (Lipinski definition) is 3. The van der Waals surface area contributed by atoms with E-state index in [0.717, 1.165) is 19.2 Å². The SMILES string of the molecule is COc1cc2c(Oc3ccc(NC(=O)N(S)C(=O)Cc4cccc(Cl)c4)cc3F)ccnc2cc1OCC(O)CN1CCOCC1. The first-order chi connectivity index (χ1) is 22.2. The van der Waals surface area contributed by atoms with Crippen LogP contribution in [0.5, 0.6) is 23.0 Å². The number of morpholine rings is 1. The summed E-state index contributed by atoms with van der Waals surface area (Å²) in [5.41, 5.74) is 1.19. The van der Waals surface area contributed by atoms with Gasteiger partial charge in [0.25, 0.3) is 0 Å². The van der Waals surface area contributed by atoms with E-state index < -0.39 is 23.9 Å². The van der Waals surface area contributed by atoms with Gasteiger partial charge in [-0.05, 0) is 42.0 Å². The van der Waals surface area contributed by atoms with Crippen LogP contribution < -0.4 is 19.5 Å². The van der Waals surface area contributed by atoms with Crippen LogP contribution >= 0.6 is 24.4 Å². The Morgan fingerprint density at radius 2 is 1.91 bits per heavy atom. The monoisotopic (exact) mass is 670 g/mol. The Morgan fingerprint density at radius 3 is 2.65 bits per heavy atom. The smallest absolute Gasteiger partial charge is 0.338 e. The van der Waals surface area contributed by atoms with Gasteiger partial charge in [-0.25, -0.2) is 13.5 Å². The van der Waals surface area contributed by atoms with E-state index in [-0.39, 0.29) is 24.5 Å². The molecule has 0 radical (unpaired) electrons. The second kappa shape index (κ2) is 15.4. The van der Waals surface area contributed by atoms with Crippen LogP contribution in [0, 0.1) is 5.82 Å². The molecule has 1 atom stereocenters. The summed E-state index contributed by atoms with van der Waals surface area (Å²) in [6, 6.07) is 14.6. The van der Waals surface area contributed by atoms with Crippen molar-refractivity contribution in [3.8, 4) is 23.0 Å². The van der Waals surface area contributed by atoms with E-state index >= 15 is 4.39 Å². The summed E-state index contributed by atoms with van der Waals surface area (Å²) < 4.78 is 38.4. The number of aliphatic hydroxyl groups excluding tert-OH is 1. The van der Waals surface area contributed by atoms with Crippen molar-refractivity contribution < 1.29 is 38.0 Å². The van der Waals surface area contributed by atoms with Crippen molar-refractivity contribution in [2.45, 2.75) is 12.5 Å². The number of thiol groups is 1. The van der Waals surface area contributed by atoms with E-state index in [2.05, 4.69) is 28.0 Å². The highest BCUT2D eigenvalue weighted by Crippen LogP contribution is 2.38. The van der Waals surface area contributed by atoms with Crippen molar-refractivity contribution >= 4 is 52.9 Å². The normalized spacial score (nSPS) is 14.0. The maximum absolute atomic E-state index is 15.1. The molecule has 11 nitrogen and oxygen atoms in total. The maximum Gasteiger partial charge on any atom is 0.338 e. The van der Waals surface area contributed by atoms with Gasteiger partial charge < -0.3 is 29.4 Å². The van der Waals surface area contributed by atoms with E-state index in [1.165, 1.54) is 25.4 Å². The van der Waals surface area contributed by atoms with Crippen molar-refractivity contribution in [2.75, 3.05) is 51.9 Å². The van der Waals surface area contributed by atoms with Crippen LogP contribution in [0.25, 0.3) is 10.9 Å². The van der Waals surface area contributed by atoms with Crippen molar-refractivity contribution in [1.82, 2.24) is 14.2 Å². The van der Waals surface area contributed by atoms with Crippen LogP contribution in [-0.2, 0) is 16.0 Å². The Bertz CT molecular complexity index is 1710. The molecule has 14 heteroatoms. The fraction of sp³-hybridized carbons (Fsp3) is 0.281. The number of aromatic nitrogens is 1. The lowest BCUT2D eigenvalue weighted by molar-refractivity contribution is -0.123. The number of ether oxygens (including phenoxy) is 4. The van der Waals surface area contributed by atoms with Crippen molar-refractivity contribution in [3.05, 3.63) is 83.3 Å². The number of benzene rings is 3. The highest BCUT2D eigenvalue weighted by atomic mass is 35.5. The molecule has 242 valence electrons. The van der Waals surface area contributed by atoms with Gasteiger partial charge in [0.15, 0.2) is 23.1 Å². The molecule has 1 fully saturated rings. The van der Waals surface area contributed by atoms with Crippen LogP contribution in [0.4, 0.5) is 14.9 Å². The molecule has 2 N–H and O–H groups in total. The third kappa shape index (κ3) is 8.56. The quantitative estimate of drug-likeness (QED) is 0.181. The average molecular weight is 671 g/mol. The number of β-amino-alcohol motifs (C(OH)–C–C–N with tert-alkyl or cyclic N) is 1. The minimum Gasteiger partial charge on any atom is -0.493 e. The summed E-state index contributed by atoms with van der Waals surface area (Å²) in [5, 5.41) is 13.9. The van der Waals surface area contributed by atoms with Gasteiger partial charge in [0.05, 0.1) is 32.3 Å². The van der Waals surface area contributed by atoms with E-state index in [4.69, 9.17) is 30.5 Å². The molecule has 0 bridgehead atoms. The molecular formula is C32H32ClFN4O7S. The predicted octanol–water partition coefficient (Wildman–Crippen LogP) is 5.35. The average Bonchev–Trinajstić information content (AvgIpc) is 3.04. The lowest BCUT2D eigenvalue weighted by Crippen LogP contribution is -2.42. The number of methoxy groups -OCH3 is 1. The molecule has 0 spiro atoms. The second-order valence-corrected chi connectivity index (χ2v) is 11.2. The Hall–Kier alpha value is -4.14. The van der Waals surface area contributed by atoms with E-state index in [1.807, 2.05) is 0 Å². The molecule has 1 aliphatic rings. The highest BCUT2D eigenvalue weighted by Gasteiger charge is 2.21. The molecule has 5 rings (SSSR count).